The summed E-state index contributed by atoms with van der Waals surface area (Å²) in [6, 6.07) is 28.0. The lowest BCUT2D eigenvalue weighted by Gasteiger charge is -2.21. The minimum atomic E-state index is -0.755. The van der Waals surface area contributed by atoms with E-state index in [4.69, 9.17) is 35.2 Å². The number of carbonyl (C=O) groups is 11. The highest BCUT2D eigenvalue weighted by molar-refractivity contribution is 6.06. The van der Waals surface area contributed by atoms with Crippen molar-refractivity contribution in [2.24, 2.45) is 5.73 Å². The van der Waals surface area contributed by atoms with Crippen molar-refractivity contribution in [3.63, 3.8) is 0 Å². The molecule has 0 spiro atoms. The van der Waals surface area contributed by atoms with Crippen LogP contribution in [0, 0.1) is 0 Å². The standard InChI is InChI=1S/C19H25N3O5.C18H27N3O4.C16H19N3O5.C14H17N3O3.C10H12N2O/c1-5-21-15-7-6-13(8-12(15)9-16(21)23)22-11-14(26-18(22)25)10-20-17(24)27-19(2,3)4;1-5-21-15-7-6-13(8-12(15)9-16(21)23)19-10-14(22)11-20-17(24)25-18(2,3)4;1-3-18-13-5-4-11(6-10(13)7-14(18)20)19-9-12(24-16(19)22)8-17-15(21)23-2;1-2-16-12-4-3-10(5-9(12)6-13(16)18)17-8-11(7-15)20-14(17)19;1-2-12-9-4-3-8(11)5-7(9)6-10(12)13/h6-8,14H,5,9-11H2,1-4H3,(H,20,24);6-8,14,19,22H,5,9-11H2,1-4H3,(H,20,24);4-6,12H,3,7-9H2,1-2H3,(H,17,21);3-5,11H,2,6-8,15H2,1H3;3-5H,2,6,11H2,1H3/t2*14-;12-;11-;/m0100./s1. The SMILES string of the molecule is CCN1C(=O)Cc2cc(N)ccc21.CCN1C(=O)Cc2cc(N3C[C@H](CN)OC3=O)ccc21.CCN1C(=O)Cc2cc(N3C[C@H](CNC(=O)OC(C)(C)C)OC3=O)ccc21.CCN1C(=O)Cc2cc(N3C[C@H](CNC(=O)OC)OC3=O)ccc21.CCN1C(=O)Cc2cc(NC[C@@H](O)CNC(=O)OC(C)(C)C)ccc21. The van der Waals surface area contributed by atoms with Crippen LogP contribution in [-0.4, -0.2) is 199 Å². The fourth-order valence-corrected chi connectivity index (χ4v) is 13.4. The average molecular weight is 1510 g/mol. The van der Waals surface area contributed by atoms with Crippen molar-refractivity contribution >= 4 is 123 Å². The number of nitrogens with two attached hydrogens (primary N) is 2. The fourth-order valence-electron chi connectivity index (χ4n) is 13.4. The van der Waals surface area contributed by atoms with Crippen LogP contribution in [0.25, 0.3) is 0 Å². The topological polar surface area (TPSA) is 389 Å². The Labute approximate surface area is 633 Å². The Morgan fingerprint density at radius 2 is 0.780 bits per heavy atom. The molecule has 5 aromatic rings. The molecule has 4 atom stereocenters. The maximum Gasteiger partial charge on any atom is 0.414 e. The number of benzene rings is 5. The summed E-state index contributed by atoms with van der Waals surface area (Å²) in [4.78, 5) is 143. The van der Waals surface area contributed by atoms with E-state index < -0.39 is 60.0 Å². The van der Waals surface area contributed by atoms with Crippen LogP contribution in [0.5, 0.6) is 0 Å². The summed E-state index contributed by atoms with van der Waals surface area (Å²) < 4.78 is 30.5. The molecule has 8 aliphatic heterocycles. The predicted octanol–water partition coefficient (Wildman–Crippen LogP) is 7.67. The smallest absolute Gasteiger partial charge is 0.414 e. The first kappa shape index (κ1) is 81.7. The highest BCUT2D eigenvalue weighted by Gasteiger charge is 2.39. The first-order valence-electron chi connectivity index (χ1n) is 36.5. The van der Waals surface area contributed by atoms with E-state index in [1.165, 1.54) is 16.9 Å². The number of fused-ring (bicyclic) bond motifs is 5. The van der Waals surface area contributed by atoms with E-state index in [-0.39, 0.29) is 67.9 Å². The van der Waals surface area contributed by atoms with Crippen LogP contribution in [0.2, 0.25) is 0 Å². The van der Waals surface area contributed by atoms with Gasteiger partial charge in [-0.3, -0.25) is 38.7 Å². The lowest BCUT2D eigenvalue weighted by molar-refractivity contribution is -0.118. The number of aliphatic hydroxyl groups excluding tert-OH is 1. The maximum absolute atomic E-state index is 12.2. The number of hydrogen-bond acceptors (Lipinski definition) is 21. The van der Waals surface area contributed by atoms with Crippen molar-refractivity contribution in [2.45, 2.75) is 144 Å². The molecule has 3 saturated heterocycles. The van der Waals surface area contributed by atoms with Gasteiger partial charge in [-0.2, -0.15) is 0 Å². The molecule has 0 aliphatic carbocycles. The van der Waals surface area contributed by atoms with Crippen molar-refractivity contribution in [1.82, 2.24) is 16.0 Å². The number of nitrogen functional groups attached to an aromatic ring is 1. The summed E-state index contributed by atoms with van der Waals surface area (Å²) in [5, 5.41) is 20.8. The number of likely N-dealkylation sites (N-methyl/N-ethyl adjacent to an activating group) is 5. The molecule has 0 unspecified atom stereocenters. The number of carbonyl (C=O) groups excluding carboxylic acids is 11. The van der Waals surface area contributed by atoms with Gasteiger partial charge in [0, 0.05) is 109 Å². The molecule has 586 valence electrons. The largest absolute Gasteiger partial charge is 0.453 e. The molecule has 0 radical (unpaired) electrons. The minimum absolute atomic E-state index is 0.0630. The van der Waals surface area contributed by atoms with Crippen molar-refractivity contribution in [1.29, 1.82) is 0 Å². The van der Waals surface area contributed by atoms with E-state index in [9.17, 15) is 57.8 Å². The highest BCUT2D eigenvalue weighted by Crippen LogP contribution is 2.38. The Kier molecular flexibility index (Phi) is 26.6. The zero-order chi connectivity index (χ0) is 79.3. The summed E-state index contributed by atoms with van der Waals surface area (Å²) in [5.41, 5.74) is 23.2. The molecule has 109 heavy (non-hydrogen) atoms. The van der Waals surface area contributed by atoms with Crippen LogP contribution < -0.4 is 71.9 Å². The second kappa shape index (κ2) is 35.5. The zero-order valence-corrected chi connectivity index (χ0v) is 63.8. The van der Waals surface area contributed by atoms with Crippen molar-refractivity contribution in [2.75, 3.05) is 142 Å². The number of nitrogens with zero attached hydrogens (tertiary/aromatic N) is 8. The van der Waals surface area contributed by atoms with E-state index in [1.807, 2.05) is 120 Å². The van der Waals surface area contributed by atoms with E-state index in [0.717, 1.165) is 79.9 Å². The maximum atomic E-state index is 12.2. The van der Waals surface area contributed by atoms with E-state index in [0.29, 0.717) is 95.8 Å². The monoisotopic (exact) mass is 1510 g/mol. The second-order valence-electron chi connectivity index (χ2n) is 28.5. The Balaban J connectivity index is 0.000000159. The van der Waals surface area contributed by atoms with E-state index >= 15 is 0 Å². The van der Waals surface area contributed by atoms with Crippen molar-refractivity contribution in [3.05, 3.63) is 119 Å². The summed E-state index contributed by atoms with van der Waals surface area (Å²) in [6.45, 7) is 25.9. The van der Waals surface area contributed by atoms with Gasteiger partial charge in [0.15, 0.2) is 0 Å². The van der Waals surface area contributed by atoms with Gasteiger partial charge in [0.2, 0.25) is 29.5 Å². The Hall–Kier alpha value is -11.4. The number of ether oxygens (including phenoxy) is 6. The van der Waals surface area contributed by atoms with Gasteiger partial charge in [0.05, 0.1) is 78.0 Å². The number of amides is 11. The quantitative estimate of drug-likeness (QED) is 0.0326. The molecular weight excluding hydrogens is 1410 g/mol. The third-order valence-electron chi connectivity index (χ3n) is 18.4. The summed E-state index contributed by atoms with van der Waals surface area (Å²) >= 11 is 0. The lowest BCUT2D eigenvalue weighted by atomic mass is 10.1. The van der Waals surface area contributed by atoms with Crippen LogP contribution >= 0.6 is 0 Å². The highest BCUT2D eigenvalue weighted by atomic mass is 16.6. The van der Waals surface area contributed by atoms with Crippen molar-refractivity contribution < 1.29 is 86.3 Å². The van der Waals surface area contributed by atoms with Crippen LogP contribution in [0.15, 0.2) is 91.0 Å². The fraction of sp³-hybridized carbons (Fsp3) is 0.468. The van der Waals surface area contributed by atoms with Crippen LogP contribution in [0.3, 0.4) is 0 Å². The molecule has 11 amide bonds. The molecule has 8 heterocycles. The number of nitrogens with one attached hydrogen (secondary N) is 4. The average Bonchev–Trinajstić information content (AvgIpc) is 1.65. The molecule has 0 saturated carbocycles. The molecule has 9 N–H and O–H groups in total. The number of aliphatic hydroxyl groups is 1. The number of anilines is 10. The molecular formula is C77H100N14O18. The normalized spacial score (nSPS) is 18.1. The van der Waals surface area contributed by atoms with E-state index in [2.05, 4.69) is 26.0 Å². The Morgan fingerprint density at radius 3 is 1.13 bits per heavy atom. The van der Waals surface area contributed by atoms with Gasteiger partial charge >= 0.3 is 36.6 Å². The third kappa shape index (κ3) is 20.4. The van der Waals surface area contributed by atoms with Gasteiger partial charge in [-0.25, -0.2) is 28.8 Å². The molecule has 32 heteroatoms. The van der Waals surface area contributed by atoms with Crippen LogP contribution in [-0.2, 0) is 84.5 Å². The van der Waals surface area contributed by atoms with Gasteiger partial charge in [-0.15, -0.1) is 0 Å². The number of hydrogen-bond donors (Lipinski definition) is 7. The first-order chi connectivity index (χ1) is 51.7. The molecule has 8 aliphatic rings. The second-order valence-corrected chi connectivity index (χ2v) is 28.5. The molecule has 32 nitrogen and oxygen atoms in total. The van der Waals surface area contributed by atoms with Gasteiger partial charge in [0.1, 0.15) is 29.5 Å². The predicted molar refractivity (Wildman–Crippen MR) is 411 cm³/mol. The van der Waals surface area contributed by atoms with E-state index in [1.54, 1.807) is 77.0 Å². The van der Waals surface area contributed by atoms with Gasteiger partial charge < -0.3 is 90.8 Å². The van der Waals surface area contributed by atoms with Gasteiger partial charge in [-0.1, -0.05) is 0 Å². The van der Waals surface area contributed by atoms with Gasteiger partial charge in [-0.05, 0) is 195 Å². The Bertz CT molecular complexity index is 4260. The zero-order valence-electron chi connectivity index (χ0n) is 63.8. The molecule has 0 aromatic heterocycles. The lowest BCUT2D eigenvalue weighted by Crippen LogP contribution is -2.39. The number of alkyl carbamates (subject to hydrolysis) is 3. The molecule has 5 aromatic carbocycles. The third-order valence-corrected chi connectivity index (χ3v) is 18.4. The minimum Gasteiger partial charge on any atom is -0.453 e. The van der Waals surface area contributed by atoms with Crippen LogP contribution in [0.1, 0.15) is 104 Å². The number of methoxy groups -OCH3 is 1. The summed E-state index contributed by atoms with van der Waals surface area (Å²) in [5.74, 6) is 0.504. The van der Waals surface area contributed by atoms with Gasteiger partial charge in [0.25, 0.3) is 0 Å². The molecule has 0 bridgehead atoms. The number of rotatable bonds is 18. The van der Waals surface area contributed by atoms with Crippen molar-refractivity contribution in [3.8, 4) is 0 Å². The first-order valence-corrected chi connectivity index (χ1v) is 36.5. The molecule has 13 rings (SSSR count). The number of cyclic esters (lactones) is 3. The Morgan fingerprint density at radius 1 is 0.459 bits per heavy atom. The summed E-state index contributed by atoms with van der Waals surface area (Å²) in [6.07, 6.45) is -2.95. The summed E-state index contributed by atoms with van der Waals surface area (Å²) in [7, 11) is 1.27. The van der Waals surface area contributed by atoms with Crippen LogP contribution in [0.4, 0.5) is 85.6 Å². The molecule has 3 fully saturated rings.